The van der Waals surface area contributed by atoms with E-state index in [1.807, 2.05) is 31.2 Å². The Bertz CT molecular complexity index is 621. The molecule has 0 saturated heterocycles. The highest BCUT2D eigenvalue weighted by atomic mass is 35.5. The summed E-state index contributed by atoms with van der Waals surface area (Å²) in [5.74, 6) is 1.47. The van der Waals surface area contributed by atoms with Gasteiger partial charge in [0.15, 0.2) is 0 Å². The van der Waals surface area contributed by atoms with Crippen LogP contribution in [0, 0.1) is 6.92 Å². The topological polar surface area (TPSA) is 59.1 Å². The highest BCUT2D eigenvalue weighted by molar-refractivity contribution is 6.30. The van der Waals surface area contributed by atoms with Crippen molar-refractivity contribution in [2.75, 3.05) is 37.4 Å². The third kappa shape index (κ3) is 6.42. The van der Waals surface area contributed by atoms with E-state index in [4.69, 9.17) is 16.3 Å². The number of aryl methyl sites for hydroxylation is 1. The molecule has 5 nitrogen and oxygen atoms in total. The van der Waals surface area contributed by atoms with Crippen LogP contribution in [0.5, 0.6) is 0 Å². The molecule has 0 radical (unpaired) electrons. The number of nitrogens with zero attached hydrogens (tertiary/aromatic N) is 2. The van der Waals surface area contributed by atoms with Gasteiger partial charge in [-0.1, -0.05) is 23.7 Å². The molecular formula is C17H23ClN4O. The van der Waals surface area contributed by atoms with Crippen molar-refractivity contribution in [1.82, 2.24) is 9.97 Å². The lowest BCUT2D eigenvalue weighted by molar-refractivity contribution is 0.198. The lowest BCUT2D eigenvalue weighted by atomic mass is 10.1. The van der Waals surface area contributed by atoms with Gasteiger partial charge in [0.05, 0.1) is 0 Å². The van der Waals surface area contributed by atoms with E-state index in [1.54, 1.807) is 7.11 Å². The maximum Gasteiger partial charge on any atom is 0.224 e. The summed E-state index contributed by atoms with van der Waals surface area (Å²) in [4.78, 5) is 8.89. The van der Waals surface area contributed by atoms with Crippen LogP contribution >= 0.6 is 11.6 Å². The van der Waals surface area contributed by atoms with Crippen molar-refractivity contribution in [2.24, 2.45) is 0 Å². The van der Waals surface area contributed by atoms with E-state index >= 15 is 0 Å². The fourth-order valence-electron chi connectivity index (χ4n) is 2.18. The van der Waals surface area contributed by atoms with E-state index in [1.165, 1.54) is 5.56 Å². The van der Waals surface area contributed by atoms with E-state index in [0.717, 1.165) is 49.1 Å². The van der Waals surface area contributed by atoms with Crippen LogP contribution < -0.4 is 10.6 Å². The predicted octanol–water partition coefficient (Wildman–Crippen LogP) is 3.54. The highest BCUT2D eigenvalue weighted by Gasteiger charge is 2.02. The number of methoxy groups -OCH3 is 1. The van der Waals surface area contributed by atoms with E-state index in [9.17, 15) is 0 Å². The number of hydrogen-bond acceptors (Lipinski definition) is 5. The Balaban J connectivity index is 1.85. The van der Waals surface area contributed by atoms with Gasteiger partial charge in [0.1, 0.15) is 5.82 Å². The molecule has 0 spiro atoms. The Hall–Kier alpha value is -1.85. The van der Waals surface area contributed by atoms with E-state index in [0.29, 0.717) is 5.95 Å². The average molecular weight is 335 g/mol. The minimum Gasteiger partial charge on any atom is -0.385 e. The Morgan fingerprint density at radius 3 is 2.78 bits per heavy atom. The number of aromatic nitrogens is 2. The molecule has 1 aromatic carbocycles. The number of halogens is 1. The van der Waals surface area contributed by atoms with E-state index in [-0.39, 0.29) is 0 Å². The second kappa shape index (κ2) is 9.33. The minimum absolute atomic E-state index is 0.640. The standard InChI is InChI=1S/C17H23ClN4O/c1-13-11-16(19-8-4-10-23-2)22-17(21-13)20-9-7-14-5-3-6-15(18)12-14/h3,5-6,11-12H,4,7-10H2,1-2H3,(H2,19,20,21,22). The number of benzene rings is 1. The van der Waals surface area contributed by atoms with Gasteiger partial charge in [0.2, 0.25) is 5.95 Å². The molecule has 0 fully saturated rings. The molecule has 2 rings (SSSR count). The summed E-state index contributed by atoms with van der Waals surface area (Å²) in [5, 5.41) is 7.31. The smallest absolute Gasteiger partial charge is 0.224 e. The van der Waals surface area contributed by atoms with Crippen molar-refractivity contribution in [3.8, 4) is 0 Å². The summed E-state index contributed by atoms with van der Waals surface area (Å²) in [5.41, 5.74) is 2.12. The molecule has 0 amide bonds. The Morgan fingerprint density at radius 2 is 2.00 bits per heavy atom. The van der Waals surface area contributed by atoms with Crippen molar-refractivity contribution in [1.29, 1.82) is 0 Å². The molecule has 124 valence electrons. The van der Waals surface area contributed by atoms with Crippen LogP contribution in [0.25, 0.3) is 0 Å². The van der Waals surface area contributed by atoms with Gasteiger partial charge in [-0.15, -0.1) is 0 Å². The molecular weight excluding hydrogens is 312 g/mol. The van der Waals surface area contributed by atoms with E-state index in [2.05, 4.69) is 26.7 Å². The second-order valence-corrected chi connectivity index (χ2v) is 5.73. The maximum absolute atomic E-state index is 5.99. The zero-order valence-electron chi connectivity index (χ0n) is 13.6. The van der Waals surface area contributed by atoms with Gasteiger partial charge >= 0.3 is 0 Å². The summed E-state index contributed by atoms with van der Waals surface area (Å²) in [6, 6.07) is 9.82. The summed E-state index contributed by atoms with van der Waals surface area (Å²) < 4.78 is 5.04. The Morgan fingerprint density at radius 1 is 1.13 bits per heavy atom. The van der Waals surface area contributed by atoms with Crippen LogP contribution in [0.2, 0.25) is 5.02 Å². The number of ether oxygens (including phenoxy) is 1. The summed E-state index contributed by atoms with van der Waals surface area (Å²) in [7, 11) is 1.71. The molecule has 2 N–H and O–H groups in total. The van der Waals surface area contributed by atoms with Crippen LogP contribution in [0.4, 0.5) is 11.8 Å². The molecule has 2 aromatic rings. The molecule has 6 heteroatoms. The van der Waals surface area contributed by atoms with Crippen molar-refractivity contribution in [2.45, 2.75) is 19.8 Å². The molecule has 23 heavy (non-hydrogen) atoms. The fraction of sp³-hybridized carbons (Fsp3) is 0.412. The normalized spacial score (nSPS) is 10.6. The lowest BCUT2D eigenvalue weighted by Gasteiger charge is -2.10. The molecule has 0 aliphatic rings. The first kappa shape index (κ1) is 17.5. The van der Waals surface area contributed by atoms with Gasteiger partial charge in [0, 0.05) is 43.6 Å². The monoisotopic (exact) mass is 334 g/mol. The number of anilines is 2. The van der Waals surface area contributed by atoms with Crippen molar-refractivity contribution >= 4 is 23.4 Å². The maximum atomic E-state index is 5.99. The first-order valence-electron chi connectivity index (χ1n) is 7.74. The first-order chi connectivity index (χ1) is 11.2. The van der Waals surface area contributed by atoms with Crippen molar-refractivity contribution < 1.29 is 4.74 Å². The van der Waals surface area contributed by atoms with E-state index < -0.39 is 0 Å². The number of hydrogen-bond donors (Lipinski definition) is 2. The molecule has 0 aliphatic heterocycles. The van der Waals surface area contributed by atoms with Gasteiger partial charge in [-0.3, -0.25) is 0 Å². The van der Waals surface area contributed by atoms with Crippen molar-refractivity contribution in [3.05, 3.63) is 46.6 Å². The van der Waals surface area contributed by atoms with Gasteiger partial charge in [-0.05, 0) is 37.5 Å². The van der Waals surface area contributed by atoms with Crippen molar-refractivity contribution in [3.63, 3.8) is 0 Å². The number of rotatable bonds is 9. The molecule has 0 unspecified atom stereocenters. The van der Waals surface area contributed by atoms with Gasteiger partial charge in [0.25, 0.3) is 0 Å². The lowest BCUT2D eigenvalue weighted by Crippen LogP contribution is -2.11. The Labute approximate surface area is 142 Å². The third-order valence-corrected chi connectivity index (χ3v) is 3.51. The molecule has 0 bridgehead atoms. The van der Waals surface area contributed by atoms with Gasteiger partial charge < -0.3 is 15.4 Å². The second-order valence-electron chi connectivity index (χ2n) is 5.30. The summed E-state index contributed by atoms with van der Waals surface area (Å²) in [6.07, 6.45) is 1.81. The minimum atomic E-state index is 0.640. The Kier molecular flexibility index (Phi) is 7.10. The molecule has 0 atom stereocenters. The third-order valence-electron chi connectivity index (χ3n) is 3.27. The predicted molar refractivity (Wildman–Crippen MR) is 95.4 cm³/mol. The molecule has 1 aromatic heterocycles. The molecule has 0 saturated carbocycles. The van der Waals surface area contributed by atoms with Gasteiger partial charge in [-0.2, -0.15) is 4.98 Å². The summed E-state index contributed by atoms with van der Waals surface area (Å²) >= 11 is 5.99. The molecule has 1 heterocycles. The van der Waals surface area contributed by atoms with Crippen LogP contribution in [0.1, 0.15) is 17.7 Å². The van der Waals surface area contributed by atoms with Crippen LogP contribution in [0.3, 0.4) is 0 Å². The molecule has 0 aliphatic carbocycles. The largest absolute Gasteiger partial charge is 0.385 e. The SMILES string of the molecule is COCCCNc1cc(C)nc(NCCc2cccc(Cl)c2)n1. The average Bonchev–Trinajstić information content (AvgIpc) is 2.51. The van der Waals surface area contributed by atoms with Crippen LogP contribution in [0.15, 0.2) is 30.3 Å². The zero-order chi connectivity index (χ0) is 16.5. The number of nitrogens with one attached hydrogen (secondary N) is 2. The summed E-state index contributed by atoms with van der Waals surface area (Å²) in [6.45, 7) is 4.28. The van der Waals surface area contributed by atoms with Crippen LogP contribution in [-0.4, -0.2) is 36.8 Å². The van der Waals surface area contributed by atoms with Gasteiger partial charge in [-0.25, -0.2) is 4.98 Å². The fourth-order valence-corrected chi connectivity index (χ4v) is 2.40. The van der Waals surface area contributed by atoms with Crippen LogP contribution in [-0.2, 0) is 11.2 Å². The zero-order valence-corrected chi connectivity index (χ0v) is 14.4. The first-order valence-corrected chi connectivity index (χ1v) is 8.12. The highest BCUT2D eigenvalue weighted by Crippen LogP contribution is 2.12. The quantitative estimate of drug-likeness (QED) is 0.687.